The Kier molecular flexibility index (Phi) is 6.40. The molecule has 1 rings (SSSR count). The lowest BCUT2D eigenvalue weighted by atomic mass is 10.1. The molecule has 3 N–H and O–H groups in total. The van der Waals surface area contributed by atoms with Crippen LogP contribution in [0.5, 0.6) is 5.75 Å². The smallest absolute Gasteiger partial charge is 0.144 e. The Morgan fingerprint density at radius 1 is 1.33 bits per heavy atom. The SMILES string of the molecule is CCCOc1cccc(NCCCC(C)C)c1N. The Morgan fingerprint density at radius 3 is 2.78 bits per heavy atom. The maximum Gasteiger partial charge on any atom is 0.144 e. The summed E-state index contributed by atoms with van der Waals surface area (Å²) in [6.45, 7) is 8.24. The first-order chi connectivity index (χ1) is 8.65. The van der Waals surface area contributed by atoms with E-state index in [4.69, 9.17) is 10.5 Å². The van der Waals surface area contributed by atoms with Gasteiger partial charge >= 0.3 is 0 Å². The van der Waals surface area contributed by atoms with Gasteiger partial charge < -0.3 is 15.8 Å². The van der Waals surface area contributed by atoms with Crippen molar-refractivity contribution in [3.63, 3.8) is 0 Å². The van der Waals surface area contributed by atoms with Gasteiger partial charge in [-0.15, -0.1) is 0 Å². The second-order valence-corrected chi connectivity index (χ2v) is 5.03. The van der Waals surface area contributed by atoms with E-state index in [-0.39, 0.29) is 0 Å². The van der Waals surface area contributed by atoms with Crippen molar-refractivity contribution in [1.29, 1.82) is 0 Å². The van der Waals surface area contributed by atoms with Gasteiger partial charge in [-0.2, -0.15) is 0 Å². The van der Waals surface area contributed by atoms with E-state index in [1.54, 1.807) is 0 Å². The van der Waals surface area contributed by atoms with Crippen LogP contribution in [0.2, 0.25) is 0 Å². The maximum atomic E-state index is 6.08. The summed E-state index contributed by atoms with van der Waals surface area (Å²) in [6, 6.07) is 5.90. The summed E-state index contributed by atoms with van der Waals surface area (Å²) in [5.41, 5.74) is 7.78. The third-order valence-electron chi connectivity index (χ3n) is 2.80. The summed E-state index contributed by atoms with van der Waals surface area (Å²) in [7, 11) is 0. The molecule has 0 saturated carbocycles. The minimum atomic E-state index is 0.709. The van der Waals surface area contributed by atoms with Gasteiger partial charge in [-0.05, 0) is 37.3 Å². The number of hydrogen-bond donors (Lipinski definition) is 2. The Hall–Kier alpha value is -1.38. The van der Waals surface area contributed by atoms with Gasteiger partial charge in [0.05, 0.1) is 18.0 Å². The van der Waals surface area contributed by atoms with Gasteiger partial charge in [-0.25, -0.2) is 0 Å². The van der Waals surface area contributed by atoms with E-state index >= 15 is 0 Å². The zero-order valence-corrected chi connectivity index (χ0v) is 11.8. The molecule has 0 fully saturated rings. The standard InChI is InChI=1S/C15H26N2O/c1-4-11-18-14-9-5-8-13(15(14)16)17-10-6-7-12(2)3/h5,8-9,12,17H,4,6-7,10-11,16H2,1-3H3. The van der Waals surface area contributed by atoms with Crippen molar-refractivity contribution < 1.29 is 4.74 Å². The molecular formula is C15H26N2O. The summed E-state index contributed by atoms with van der Waals surface area (Å²) >= 11 is 0. The van der Waals surface area contributed by atoms with Gasteiger partial charge in [0.25, 0.3) is 0 Å². The van der Waals surface area contributed by atoms with E-state index in [2.05, 4.69) is 26.1 Å². The second kappa shape index (κ2) is 7.85. The molecule has 0 radical (unpaired) electrons. The van der Waals surface area contributed by atoms with Crippen LogP contribution in [0.25, 0.3) is 0 Å². The third kappa shape index (κ3) is 4.86. The molecule has 0 bridgehead atoms. The molecule has 0 aliphatic rings. The van der Waals surface area contributed by atoms with Gasteiger partial charge in [0.2, 0.25) is 0 Å². The minimum absolute atomic E-state index is 0.709. The summed E-state index contributed by atoms with van der Waals surface area (Å²) in [6.07, 6.45) is 3.39. The quantitative estimate of drug-likeness (QED) is 0.543. The minimum Gasteiger partial charge on any atom is -0.491 e. The van der Waals surface area contributed by atoms with E-state index in [9.17, 15) is 0 Å². The first-order valence-corrected chi connectivity index (χ1v) is 6.90. The molecule has 0 atom stereocenters. The summed E-state index contributed by atoms with van der Waals surface area (Å²) in [5, 5.41) is 3.38. The summed E-state index contributed by atoms with van der Waals surface area (Å²) in [5.74, 6) is 1.54. The van der Waals surface area contributed by atoms with Crippen molar-refractivity contribution in [3.05, 3.63) is 18.2 Å². The van der Waals surface area contributed by atoms with Crippen LogP contribution in [-0.2, 0) is 0 Å². The Balaban J connectivity index is 2.49. The number of nitrogens with one attached hydrogen (secondary N) is 1. The molecule has 1 aromatic carbocycles. The molecule has 0 aliphatic heterocycles. The predicted molar refractivity (Wildman–Crippen MR) is 79.2 cm³/mol. The van der Waals surface area contributed by atoms with Gasteiger partial charge in [-0.1, -0.05) is 26.8 Å². The molecule has 18 heavy (non-hydrogen) atoms. The summed E-state index contributed by atoms with van der Waals surface area (Å²) < 4.78 is 5.61. The van der Waals surface area contributed by atoms with Crippen LogP contribution in [0.1, 0.15) is 40.0 Å². The molecule has 0 unspecified atom stereocenters. The molecule has 102 valence electrons. The lowest BCUT2D eigenvalue weighted by Crippen LogP contribution is -2.07. The highest BCUT2D eigenvalue weighted by molar-refractivity contribution is 5.72. The van der Waals surface area contributed by atoms with E-state index in [1.165, 1.54) is 6.42 Å². The molecule has 0 saturated heterocycles. The van der Waals surface area contributed by atoms with Crippen LogP contribution >= 0.6 is 0 Å². The number of ether oxygens (including phenoxy) is 1. The predicted octanol–water partition coefficient (Wildman–Crippen LogP) is 3.91. The molecule has 0 aliphatic carbocycles. The highest BCUT2D eigenvalue weighted by atomic mass is 16.5. The fourth-order valence-electron chi connectivity index (χ4n) is 1.77. The summed E-state index contributed by atoms with van der Waals surface area (Å²) in [4.78, 5) is 0. The van der Waals surface area contributed by atoms with Crippen molar-refractivity contribution in [2.45, 2.75) is 40.0 Å². The van der Waals surface area contributed by atoms with Gasteiger partial charge in [-0.3, -0.25) is 0 Å². The van der Waals surface area contributed by atoms with Crippen LogP contribution in [0.15, 0.2) is 18.2 Å². The molecule has 0 amide bonds. The molecule has 0 spiro atoms. The largest absolute Gasteiger partial charge is 0.491 e. The van der Waals surface area contributed by atoms with E-state index in [1.807, 2.05) is 18.2 Å². The Labute approximate surface area is 111 Å². The number of nitrogen functional groups attached to an aromatic ring is 1. The van der Waals surface area contributed by atoms with E-state index < -0.39 is 0 Å². The van der Waals surface area contributed by atoms with Crippen molar-refractivity contribution in [2.75, 3.05) is 24.2 Å². The van der Waals surface area contributed by atoms with Gasteiger partial charge in [0.15, 0.2) is 0 Å². The maximum absolute atomic E-state index is 6.08. The fourth-order valence-corrected chi connectivity index (χ4v) is 1.77. The van der Waals surface area contributed by atoms with Crippen molar-refractivity contribution in [1.82, 2.24) is 0 Å². The average molecular weight is 250 g/mol. The molecule has 3 nitrogen and oxygen atoms in total. The van der Waals surface area contributed by atoms with Crippen molar-refractivity contribution >= 4 is 11.4 Å². The first kappa shape index (κ1) is 14.7. The van der Waals surface area contributed by atoms with Crippen molar-refractivity contribution in [3.8, 4) is 5.75 Å². The van der Waals surface area contributed by atoms with Crippen LogP contribution < -0.4 is 15.8 Å². The zero-order chi connectivity index (χ0) is 13.4. The molecular weight excluding hydrogens is 224 g/mol. The zero-order valence-electron chi connectivity index (χ0n) is 11.8. The highest BCUT2D eigenvalue weighted by Gasteiger charge is 2.05. The van der Waals surface area contributed by atoms with Crippen molar-refractivity contribution in [2.24, 2.45) is 5.92 Å². The molecule has 3 heteroatoms. The van der Waals surface area contributed by atoms with Crippen LogP contribution in [0.4, 0.5) is 11.4 Å². The van der Waals surface area contributed by atoms with E-state index in [0.29, 0.717) is 6.61 Å². The lowest BCUT2D eigenvalue weighted by Gasteiger charge is -2.14. The van der Waals surface area contributed by atoms with Crippen LogP contribution in [-0.4, -0.2) is 13.2 Å². The highest BCUT2D eigenvalue weighted by Crippen LogP contribution is 2.29. The topological polar surface area (TPSA) is 47.3 Å². The number of anilines is 2. The number of benzene rings is 1. The number of para-hydroxylation sites is 1. The van der Waals surface area contributed by atoms with Crippen LogP contribution in [0.3, 0.4) is 0 Å². The van der Waals surface area contributed by atoms with Gasteiger partial charge in [0, 0.05) is 6.54 Å². The number of hydrogen-bond acceptors (Lipinski definition) is 3. The Morgan fingerprint density at radius 2 is 2.11 bits per heavy atom. The second-order valence-electron chi connectivity index (χ2n) is 5.03. The Bertz CT molecular complexity index is 350. The fraction of sp³-hybridized carbons (Fsp3) is 0.600. The number of rotatable bonds is 8. The normalized spacial score (nSPS) is 10.7. The average Bonchev–Trinajstić information content (AvgIpc) is 2.34. The molecule has 1 aromatic rings. The molecule has 0 heterocycles. The lowest BCUT2D eigenvalue weighted by molar-refractivity contribution is 0.319. The number of nitrogens with two attached hydrogens (primary N) is 1. The van der Waals surface area contributed by atoms with Crippen LogP contribution in [0, 0.1) is 5.92 Å². The third-order valence-corrected chi connectivity index (χ3v) is 2.80. The first-order valence-electron chi connectivity index (χ1n) is 6.90. The monoisotopic (exact) mass is 250 g/mol. The van der Waals surface area contributed by atoms with Gasteiger partial charge in [0.1, 0.15) is 5.75 Å². The molecule has 0 aromatic heterocycles. The van der Waals surface area contributed by atoms with E-state index in [0.717, 1.165) is 42.4 Å².